The van der Waals surface area contributed by atoms with Crippen LogP contribution in [-0.4, -0.2) is 18.4 Å². The number of carbonyl (C=O) groups is 2. The minimum Gasteiger partial charge on any atom is -0.369 e. The van der Waals surface area contributed by atoms with E-state index in [0.29, 0.717) is 6.54 Å². The molecule has 2 atom stereocenters. The Kier molecular flexibility index (Phi) is 31.0. The van der Waals surface area contributed by atoms with Crippen molar-refractivity contribution < 1.29 is 9.59 Å². The third-order valence-corrected chi connectivity index (χ3v) is 9.08. The summed E-state index contributed by atoms with van der Waals surface area (Å²) < 4.78 is 0. The molecule has 244 valence electrons. The largest absolute Gasteiger partial charge is 0.369 e. The molecule has 0 saturated heterocycles. The van der Waals surface area contributed by atoms with E-state index in [9.17, 15) is 9.59 Å². The molecule has 0 rings (SSSR count). The highest BCUT2D eigenvalue weighted by Crippen LogP contribution is 2.21. The first-order valence-electron chi connectivity index (χ1n) is 18.6. The molecular weight excluding hydrogens is 504 g/mol. The highest BCUT2D eigenvalue weighted by atomic mass is 16.2. The van der Waals surface area contributed by atoms with Crippen molar-refractivity contribution >= 4 is 11.8 Å². The molecule has 0 spiro atoms. The van der Waals surface area contributed by atoms with Crippen LogP contribution in [0.2, 0.25) is 0 Å². The lowest BCUT2D eigenvalue weighted by Gasteiger charge is -2.20. The second-order valence-corrected chi connectivity index (χ2v) is 13.1. The average molecular weight is 579 g/mol. The van der Waals surface area contributed by atoms with E-state index in [1.54, 1.807) is 0 Å². The maximum Gasteiger partial charge on any atom is 0.223 e. The van der Waals surface area contributed by atoms with Gasteiger partial charge >= 0.3 is 0 Å². The van der Waals surface area contributed by atoms with Gasteiger partial charge in [-0.25, -0.2) is 0 Å². The van der Waals surface area contributed by atoms with Crippen molar-refractivity contribution in [2.24, 2.45) is 17.6 Å². The Morgan fingerprint density at radius 2 is 0.780 bits per heavy atom. The van der Waals surface area contributed by atoms with E-state index in [1.165, 1.54) is 161 Å². The van der Waals surface area contributed by atoms with Crippen molar-refractivity contribution in [3.63, 3.8) is 0 Å². The molecule has 0 aromatic carbocycles. The molecule has 0 aliphatic heterocycles. The van der Waals surface area contributed by atoms with Gasteiger partial charge in [0.1, 0.15) is 0 Å². The first-order chi connectivity index (χ1) is 20.0. The summed E-state index contributed by atoms with van der Waals surface area (Å²) >= 11 is 0. The minimum absolute atomic E-state index is 0.00728. The summed E-state index contributed by atoms with van der Waals surface area (Å²) in [6.45, 7) is 7.13. The molecule has 0 aromatic rings. The normalized spacial score (nSPS) is 12.9. The van der Waals surface area contributed by atoms with Gasteiger partial charge in [0, 0.05) is 18.4 Å². The predicted molar refractivity (Wildman–Crippen MR) is 180 cm³/mol. The van der Waals surface area contributed by atoms with E-state index in [-0.39, 0.29) is 23.7 Å². The molecule has 0 bridgehead atoms. The van der Waals surface area contributed by atoms with E-state index in [2.05, 4.69) is 19.2 Å². The number of nitrogens with one attached hydrogen (secondary N) is 1. The molecule has 0 heterocycles. The summed E-state index contributed by atoms with van der Waals surface area (Å²) in [7, 11) is 0. The Labute approximate surface area is 257 Å². The number of rotatable bonds is 33. The van der Waals surface area contributed by atoms with Crippen LogP contribution >= 0.6 is 0 Å². The lowest BCUT2D eigenvalue weighted by Crippen LogP contribution is -2.39. The molecule has 2 amide bonds. The molecule has 0 radical (unpaired) electrons. The summed E-state index contributed by atoms with van der Waals surface area (Å²) in [6.07, 6.45) is 37.9. The summed E-state index contributed by atoms with van der Waals surface area (Å²) in [4.78, 5) is 24.7. The molecule has 0 aliphatic rings. The van der Waals surface area contributed by atoms with Crippen molar-refractivity contribution in [3.8, 4) is 0 Å². The van der Waals surface area contributed by atoms with Gasteiger partial charge < -0.3 is 11.1 Å². The Morgan fingerprint density at radius 3 is 1.10 bits per heavy atom. The number of hydrogen-bond acceptors (Lipinski definition) is 2. The predicted octanol–water partition coefficient (Wildman–Crippen LogP) is 11.2. The van der Waals surface area contributed by atoms with Gasteiger partial charge in [-0.1, -0.05) is 194 Å². The number of amides is 2. The van der Waals surface area contributed by atoms with Crippen molar-refractivity contribution in [1.82, 2.24) is 5.32 Å². The van der Waals surface area contributed by atoms with Crippen LogP contribution in [0, 0.1) is 11.8 Å². The maximum absolute atomic E-state index is 12.6. The van der Waals surface area contributed by atoms with Gasteiger partial charge in [0.05, 0.1) is 0 Å². The van der Waals surface area contributed by atoms with Gasteiger partial charge in [-0.3, -0.25) is 9.59 Å². The van der Waals surface area contributed by atoms with E-state index >= 15 is 0 Å². The second kappa shape index (κ2) is 31.9. The third-order valence-electron chi connectivity index (χ3n) is 9.08. The fourth-order valence-corrected chi connectivity index (χ4v) is 6.07. The molecule has 1 unspecified atom stereocenters. The number of carbonyl (C=O) groups excluding carboxylic acids is 2. The Hall–Kier alpha value is -1.06. The van der Waals surface area contributed by atoms with Gasteiger partial charge in [-0.2, -0.15) is 0 Å². The molecular formula is C37H74N2O2. The van der Waals surface area contributed by atoms with Gasteiger partial charge in [0.2, 0.25) is 11.8 Å². The van der Waals surface area contributed by atoms with Gasteiger partial charge in [0.25, 0.3) is 0 Å². The van der Waals surface area contributed by atoms with Gasteiger partial charge in [0.15, 0.2) is 0 Å². The fraction of sp³-hybridized carbons (Fsp3) is 0.946. The van der Waals surface area contributed by atoms with Crippen LogP contribution in [0.4, 0.5) is 0 Å². The lowest BCUT2D eigenvalue weighted by molar-refractivity contribution is -0.132. The summed E-state index contributed by atoms with van der Waals surface area (Å²) in [5, 5.41) is 3.06. The van der Waals surface area contributed by atoms with Crippen molar-refractivity contribution in [1.29, 1.82) is 0 Å². The standard InChI is InChI=1S/C37H74N2O2/c1-4-6-8-10-12-14-16-17-18-19-20-21-22-23-24-26-28-30-32-35(36(38)40)34(3)37(41)39-33-31-29-27-25-15-13-11-9-7-5-2/h34-35H,4-33H2,1-3H3,(H2,38,40)(H,39,41)/t34-,35?/m0/s1. The van der Waals surface area contributed by atoms with Crippen molar-refractivity contribution in [2.45, 2.75) is 207 Å². The maximum atomic E-state index is 12.6. The number of unbranched alkanes of at least 4 members (excludes halogenated alkanes) is 26. The molecule has 0 fully saturated rings. The Balaban J connectivity index is 3.64. The SMILES string of the molecule is CCCCCCCCCCCCCCCCCCCCC(C(N)=O)[C@H](C)C(=O)NCCCCCCCCCCCC. The topological polar surface area (TPSA) is 72.2 Å². The van der Waals surface area contributed by atoms with Gasteiger partial charge in [-0.05, 0) is 12.8 Å². The first kappa shape index (κ1) is 39.9. The Morgan fingerprint density at radius 1 is 0.488 bits per heavy atom. The van der Waals surface area contributed by atoms with Gasteiger partial charge in [-0.15, -0.1) is 0 Å². The molecule has 0 saturated carbocycles. The zero-order valence-electron chi connectivity index (χ0n) is 28.3. The molecule has 4 heteroatoms. The van der Waals surface area contributed by atoms with Crippen molar-refractivity contribution in [3.05, 3.63) is 0 Å². The van der Waals surface area contributed by atoms with Crippen LogP contribution in [0.3, 0.4) is 0 Å². The van der Waals surface area contributed by atoms with E-state index in [0.717, 1.165) is 25.7 Å². The zero-order valence-corrected chi connectivity index (χ0v) is 28.3. The van der Waals surface area contributed by atoms with Crippen LogP contribution in [0.25, 0.3) is 0 Å². The fourth-order valence-electron chi connectivity index (χ4n) is 6.07. The van der Waals surface area contributed by atoms with E-state index in [1.807, 2.05) is 6.92 Å². The quantitative estimate of drug-likeness (QED) is 0.0760. The van der Waals surface area contributed by atoms with Crippen molar-refractivity contribution in [2.75, 3.05) is 6.54 Å². The number of primary amides is 1. The van der Waals surface area contributed by atoms with E-state index in [4.69, 9.17) is 5.73 Å². The Bertz CT molecular complexity index is 565. The van der Waals surface area contributed by atoms with Crippen LogP contribution in [0.15, 0.2) is 0 Å². The summed E-state index contributed by atoms with van der Waals surface area (Å²) in [5.41, 5.74) is 5.69. The summed E-state index contributed by atoms with van der Waals surface area (Å²) in [5.74, 6) is -1.00. The van der Waals surface area contributed by atoms with Crippen LogP contribution in [0.5, 0.6) is 0 Å². The highest BCUT2D eigenvalue weighted by Gasteiger charge is 2.27. The summed E-state index contributed by atoms with van der Waals surface area (Å²) in [6, 6.07) is 0. The van der Waals surface area contributed by atoms with Crippen LogP contribution in [-0.2, 0) is 9.59 Å². The van der Waals surface area contributed by atoms with Crippen LogP contribution in [0.1, 0.15) is 207 Å². The number of nitrogens with two attached hydrogens (primary N) is 1. The number of hydrogen-bond donors (Lipinski definition) is 2. The minimum atomic E-state index is -0.344. The van der Waals surface area contributed by atoms with E-state index < -0.39 is 0 Å². The second-order valence-electron chi connectivity index (χ2n) is 13.1. The van der Waals surface area contributed by atoms with Crippen LogP contribution < -0.4 is 11.1 Å². The zero-order chi connectivity index (χ0) is 30.2. The average Bonchev–Trinajstić information content (AvgIpc) is 2.96. The molecule has 4 nitrogen and oxygen atoms in total. The monoisotopic (exact) mass is 579 g/mol. The third kappa shape index (κ3) is 27.5. The molecule has 3 N–H and O–H groups in total. The highest BCUT2D eigenvalue weighted by molar-refractivity contribution is 5.86. The molecule has 0 aliphatic carbocycles. The molecule has 0 aromatic heterocycles. The molecule has 41 heavy (non-hydrogen) atoms. The lowest BCUT2D eigenvalue weighted by atomic mass is 9.87. The first-order valence-corrected chi connectivity index (χ1v) is 18.6. The smallest absolute Gasteiger partial charge is 0.223 e.